The zero-order valence-electron chi connectivity index (χ0n) is 86.7. The summed E-state index contributed by atoms with van der Waals surface area (Å²) in [6, 6.07) is 5.87. The molecule has 10 aliphatic rings. The number of nitrogens with zero attached hydrogens (tertiary/aromatic N) is 12. The van der Waals surface area contributed by atoms with Crippen LogP contribution in [0.3, 0.4) is 0 Å². The highest BCUT2D eigenvalue weighted by Gasteiger charge is 2.50. The molecule has 8 amide bonds. The normalized spacial score (nSPS) is 23.2. The molecule has 143 heavy (non-hydrogen) atoms. The molecular weight excluding hydrogens is 1920 g/mol. The molecule has 8 aromatic rings. The summed E-state index contributed by atoms with van der Waals surface area (Å²) in [5, 5.41) is 64.9. The minimum Gasteiger partial charge on any atom is -0.389 e. The van der Waals surface area contributed by atoms with E-state index in [0.717, 1.165) is 160 Å². The number of alkyl halides is 4. The van der Waals surface area contributed by atoms with E-state index in [1.54, 1.807) is 51.2 Å². The maximum Gasteiger partial charge on any atom is 0.280 e. The molecule has 6 aliphatic heterocycles. The van der Waals surface area contributed by atoms with E-state index in [9.17, 15) is 76.3 Å². The Balaban J connectivity index is 0.000000146. The third kappa shape index (κ3) is 26.2. The number of aryl methyl sites for hydroxylation is 4. The van der Waals surface area contributed by atoms with Gasteiger partial charge >= 0.3 is 0 Å². The van der Waals surface area contributed by atoms with E-state index in [0.29, 0.717) is 78.5 Å². The number of thiazole rings is 4. The predicted molar refractivity (Wildman–Crippen MR) is 541 cm³/mol. The van der Waals surface area contributed by atoms with Crippen LogP contribution in [-0.4, -0.2) is 287 Å². The molecule has 10 fully saturated rings. The number of carbonyl (C=O) groups excluding carboxylic acids is 8. The van der Waals surface area contributed by atoms with Crippen LogP contribution >= 0.6 is 45.3 Å². The third-order valence-corrected chi connectivity index (χ3v) is 31.9. The molecule has 6 saturated heterocycles. The molecule has 14 heterocycles. The average Bonchev–Trinajstić information content (AvgIpc) is 1.62. The van der Waals surface area contributed by atoms with Gasteiger partial charge in [0.25, 0.3) is 59.1 Å². The minimum atomic E-state index is -2.98. The van der Waals surface area contributed by atoms with Gasteiger partial charge in [-0.2, -0.15) is 0 Å². The molecule has 42 heteroatoms. The Kier molecular flexibility index (Phi) is 30.8. The lowest BCUT2D eigenvalue weighted by Crippen LogP contribution is -2.42. The van der Waals surface area contributed by atoms with Gasteiger partial charge in [0.05, 0.1) is 94.5 Å². The number of rotatable bonds is 27. The number of hydrogen-bond donors (Lipinski definition) is 12. The molecule has 774 valence electrons. The smallest absolute Gasteiger partial charge is 0.280 e. The van der Waals surface area contributed by atoms with Crippen molar-refractivity contribution >= 4 is 116 Å². The van der Waals surface area contributed by atoms with E-state index in [-0.39, 0.29) is 111 Å². The number of halogens is 4. The lowest BCUT2D eigenvalue weighted by atomic mass is 9.78. The summed E-state index contributed by atoms with van der Waals surface area (Å²) in [5.74, 6) is -5.33. The number of aliphatic hydroxyl groups excluding tert-OH is 2. The van der Waals surface area contributed by atoms with Gasteiger partial charge in [0.1, 0.15) is 46.0 Å². The van der Waals surface area contributed by atoms with Gasteiger partial charge in [-0.1, -0.05) is 0 Å². The molecule has 0 bridgehead atoms. The molecule has 8 aromatic heterocycles. The van der Waals surface area contributed by atoms with E-state index < -0.39 is 134 Å². The van der Waals surface area contributed by atoms with Gasteiger partial charge in [-0.15, -0.1) is 45.3 Å². The Labute approximate surface area is 850 Å². The molecule has 18 rings (SSSR count). The number of amides is 8. The van der Waals surface area contributed by atoms with Gasteiger partial charge in [-0.3, -0.25) is 38.4 Å². The number of aliphatic hydroxyl groups is 4. The van der Waals surface area contributed by atoms with Crippen molar-refractivity contribution in [2.45, 2.75) is 315 Å². The van der Waals surface area contributed by atoms with Crippen LogP contribution in [0.1, 0.15) is 300 Å². The summed E-state index contributed by atoms with van der Waals surface area (Å²) >= 11 is 4.26. The Morgan fingerprint density at radius 2 is 0.790 bits per heavy atom. The summed E-state index contributed by atoms with van der Waals surface area (Å²) in [4.78, 5) is 150. The van der Waals surface area contributed by atoms with E-state index in [1.807, 2.05) is 90.8 Å². The Hall–Kier alpha value is -10.4. The van der Waals surface area contributed by atoms with Gasteiger partial charge in [-0.05, 0) is 266 Å². The first-order chi connectivity index (χ1) is 68.5. The molecule has 4 aliphatic carbocycles. The summed E-state index contributed by atoms with van der Waals surface area (Å²) in [6.45, 7) is 27.0. The zero-order chi connectivity index (χ0) is 106. The maximum atomic E-state index is 14.1. The quantitative estimate of drug-likeness (QED) is 0.0213. The van der Waals surface area contributed by atoms with Gasteiger partial charge in [0.15, 0.2) is 20.0 Å². The molecule has 9 atom stereocenters. The second-order valence-electron chi connectivity index (χ2n) is 42.6. The average molecular weight is 2060 g/mol. The van der Waals surface area contributed by atoms with E-state index in [1.165, 1.54) is 37.0 Å². The maximum absolute atomic E-state index is 14.1. The molecule has 4 saturated carbocycles. The molecule has 0 spiro atoms. The standard InChI is InChI=1S/C27H37N5O3S.2C25H31F2N5O4S.C24H35N5O3S/c1-15-12-20(30-21(17-7-8-17)18-9-10-18)28-13-19(15)23-22(26(34)32-11-5-6-16(32)2)31-25(36-23)24(33)29-14-27(3,4)35;2*1-13-7-18(31-24(3)5-4-6-24)28-9-15(13)20-19(23(35)32-12-25(26,27)8-14(32)2)30-22(37-20)21(34)29-16-10-36-11-17(16)33;1-14-11-17(28-23(3,4)5)25-12-16(14)19-18(22(31)29-10-8-9-15(29)2)27-21(33-19)20(30)26-13-24(6,7)32/h12-13,16-18,21,35H,5-11,14H2,1-4H3,(H,28,30)(H,29,33);2*7,9,14,16-17,33H,4-6,8,10-12H2,1-3H3,(H,28,31)(H,29,34);11-12,15,32H,8-10,13H2,1-7H3,(H,25,28)(H,26,30)/t16-;14-,16+,17+;14-,16-,17+;15-/m0000/s1/i;;;6D3/t;;;15-,24?. The number of pyridine rings is 4. The van der Waals surface area contributed by atoms with Crippen molar-refractivity contribution in [3.63, 3.8) is 0 Å². The van der Waals surface area contributed by atoms with Crippen molar-refractivity contribution < 1.29 is 89.9 Å². The van der Waals surface area contributed by atoms with Crippen molar-refractivity contribution in [3.05, 3.63) is 114 Å². The van der Waals surface area contributed by atoms with Crippen LogP contribution in [0, 0.1) is 39.5 Å². The third-order valence-electron chi connectivity index (χ3n) is 27.6. The molecule has 0 radical (unpaired) electrons. The number of carbonyl (C=O) groups is 8. The first-order valence-corrected chi connectivity index (χ1v) is 52.4. The van der Waals surface area contributed by atoms with Gasteiger partial charge in [0.2, 0.25) is 0 Å². The SMILES string of the molecule is Cc1cc(NC(C2CC2)C2CC2)ncc1-c1sc(C(=O)NCC(C)(C)O)nc1C(=O)N1CCC[C@@H]1C.Cc1cc(NC2(C)CCC2)ncc1-c1sc(C(=O)N[C@@H]2COC[C@H]2O)nc1C(=O)N1CC(F)(F)C[C@@H]1C.Cc1cc(NC2(C)CCC2)ncc1-c1sc(C(=O)N[C@H]2COC[C@H]2O)nc1C(=O)N1CC(F)(F)C[C@@H]1C.[2H]C([2H])([2H])C(C)(O)CNC(=O)c1nc(C(=O)N2CCC[C@@H]2C)c(-c2cnc(NC(C)(C)C)cc2C)s1. The van der Waals surface area contributed by atoms with Crippen molar-refractivity contribution in [3.8, 4) is 41.8 Å². The highest BCUT2D eigenvalue weighted by Crippen LogP contribution is 2.48. The summed E-state index contributed by atoms with van der Waals surface area (Å²) in [6.07, 6.45) is 19.7. The lowest BCUT2D eigenvalue weighted by Gasteiger charge is -2.39. The van der Waals surface area contributed by atoms with Crippen LogP contribution in [0.5, 0.6) is 0 Å². The fourth-order valence-corrected chi connectivity index (χ4v) is 23.1. The van der Waals surface area contributed by atoms with Gasteiger partial charge in [-0.25, -0.2) is 57.4 Å². The topological polar surface area (TPSA) is 448 Å². The lowest BCUT2D eigenvalue weighted by molar-refractivity contribution is 0.0115. The van der Waals surface area contributed by atoms with Gasteiger partial charge in [0, 0.05) is 137 Å². The number of likely N-dealkylation sites (tertiary alicyclic amines) is 4. The van der Waals surface area contributed by atoms with Crippen molar-refractivity contribution in [2.24, 2.45) is 11.8 Å². The van der Waals surface area contributed by atoms with E-state index in [2.05, 4.69) is 98.2 Å². The van der Waals surface area contributed by atoms with E-state index in [4.69, 9.17) is 18.6 Å². The molecule has 12 N–H and O–H groups in total. The number of ether oxygens (including phenoxy) is 2. The van der Waals surface area contributed by atoms with Crippen LogP contribution in [0.4, 0.5) is 40.8 Å². The number of anilines is 4. The second kappa shape index (κ2) is 42.9. The predicted octanol–water partition coefficient (Wildman–Crippen LogP) is 14.5. The summed E-state index contributed by atoms with van der Waals surface area (Å²) in [5.41, 5.74) is 3.24. The first-order valence-electron chi connectivity index (χ1n) is 50.7. The molecular formula is C101H134F4N20O14S4. The van der Waals surface area contributed by atoms with Crippen LogP contribution in [0.25, 0.3) is 41.8 Å². The Bertz CT molecular complexity index is 6000. The van der Waals surface area contributed by atoms with Crippen LogP contribution < -0.4 is 42.5 Å². The monoisotopic (exact) mass is 2060 g/mol. The summed E-state index contributed by atoms with van der Waals surface area (Å²) < 4.78 is 89.1. The number of aromatic nitrogens is 8. The Morgan fingerprint density at radius 3 is 1.08 bits per heavy atom. The van der Waals surface area contributed by atoms with Crippen molar-refractivity contribution in [1.82, 2.24) is 80.7 Å². The van der Waals surface area contributed by atoms with Crippen molar-refractivity contribution in [1.29, 1.82) is 0 Å². The largest absolute Gasteiger partial charge is 0.389 e. The minimum absolute atomic E-state index is 0.000333. The fourth-order valence-electron chi connectivity index (χ4n) is 18.9. The zero-order valence-corrected chi connectivity index (χ0v) is 87.0. The molecule has 0 aromatic carbocycles. The molecule has 1 unspecified atom stereocenters. The Morgan fingerprint density at radius 1 is 0.462 bits per heavy atom. The molecule has 34 nitrogen and oxygen atoms in total. The van der Waals surface area contributed by atoms with E-state index >= 15 is 0 Å². The van der Waals surface area contributed by atoms with Crippen LogP contribution in [0.15, 0.2) is 49.1 Å². The van der Waals surface area contributed by atoms with Crippen LogP contribution in [0.2, 0.25) is 0 Å². The highest BCUT2D eigenvalue weighted by molar-refractivity contribution is 7.18. The number of nitrogens with one attached hydrogen (secondary N) is 8. The van der Waals surface area contributed by atoms with Crippen molar-refractivity contribution in [2.75, 3.05) is 87.0 Å². The fraction of sp³-hybridized carbons (Fsp3) is 0.604. The highest BCUT2D eigenvalue weighted by atomic mass is 32.1. The van der Waals surface area contributed by atoms with Gasteiger partial charge < -0.3 is 92.0 Å². The van der Waals surface area contributed by atoms with Crippen LogP contribution in [-0.2, 0) is 9.47 Å². The first kappa shape index (κ1) is 103. The second-order valence-corrected chi connectivity index (χ2v) is 46.6. The summed E-state index contributed by atoms with van der Waals surface area (Å²) in [7, 11) is 0. The number of hydrogen-bond acceptors (Lipinski definition) is 30.